The highest BCUT2D eigenvalue weighted by Crippen LogP contribution is 2.49. The number of aromatic nitrogens is 2. The van der Waals surface area contributed by atoms with Crippen molar-refractivity contribution in [3.8, 4) is 34.7 Å². The molecule has 35 heavy (non-hydrogen) atoms. The first-order chi connectivity index (χ1) is 16.4. The van der Waals surface area contributed by atoms with Crippen LogP contribution in [0.1, 0.15) is 69.7 Å². The maximum atomic E-state index is 11.2. The van der Waals surface area contributed by atoms with E-state index in [-0.39, 0.29) is 22.5 Å². The molecule has 1 unspecified atom stereocenters. The number of nitriles is 1. The molecule has 4 rings (SSSR count). The van der Waals surface area contributed by atoms with Crippen LogP contribution >= 0.6 is 0 Å². The maximum Gasteiger partial charge on any atom is 0.244 e. The highest BCUT2D eigenvalue weighted by Gasteiger charge is 2.38. The van der Waals surface area contributed by atoms with Crippen LogP contribution in [0.5, 0.6) is 17.4 Å². The zero-order valence-corrected chi connectivity index (χ0v) is 21.3. The van der Waals surface area contributed by atoms with Gasteiger partial charge in [-0.1, -0.05) is 65.8 Å². The molecule has 182 valence electrons. The summed E-state index contributed by atoms with van der Waals surface area (Å²) in [6.07, 6.45) is 0. The summed E-state index contributed by atoms with van der Waals surface area (Å²) in [5.41, 5.74) is 10.6. The van der Waals surface area contributed by atoms with Crippen molar-refractivity contribution < 1.29 is 14.6 Å². The average molecular weight is 473 g/mol. The van der Waals surface area contributed by atoms with E-state index in [1.807, 2.05) is 36.4 Å². The number of methoxy groups -OCH3 is 1. The van der Waals surface area contributed by atoms with Crippen molar-refractivity contribution in [1.82, 2.24) is 10.2 Å². The number of rotatable bonds is 3. The molecule has 2 aromatic carbocycles. The number of aromatic hydroxyl groups is 1. The zero-order valence-electron chi connectivity index (χ0n) is 21.3. The van der Waals surface area contributed by atoms with Crippen LogP contribution in [0.3, 0.4) is 0 Å². The molecule has 3 aromatic rings. The van der Waals surface area contributed by atoms with Crippen LogP contribution in [0, 0.1) is 11.3 Å². The molecule has 0 saturated carbocycles. The van der Waals surface area contributed by atoms with Gasteiger partial charge in [0.15, 0.2) is 0 Å². The van der Waals surface area contributed by atoms with Crippen LogP contribution in [-0.2, 0) is 10.8 Å². The van der Waals surface area contributed by atoms with Crippen LogP contribution in [0.15, 0.2) is 47.9 Å². The van der Waals surface area contributed by atoms with Gasteiger partial charge >= 0.3 is 0 Å². The molecule has 4 N–H and O–H groups in total. The first kappa shape index (κ1) is 24.2. The van der Waals surface area contributed by atoms with Gasteiger partial charge in [0.25, 0.3) is 0 Å². The number of hydrogen-bond donors (Lipinski definition) is 3. The minimum atomic E-state index is -0.536. The predicted octanol–water partition coefficient (Wildman–Crippen LogP) is 5.60. The molecule has 0 saturated heterocycles. The Morgan fingerprint density at radius 3 is 2.26 bits per heavy atom. The van der Waals surface area contributed by atoms with Crippen LogP contribution in [0.2, 0.25) is 0 Å². The molecule has 7 nitrogen and oxygen atoms in total. The Kier molecular flexibility index (Phi) is 5.80. The second kappa shape index (κ2) is 8.38. The van der Waals surface area contributed by atoms with Crippen molar-refractivity contribution in [3.63, 3.8) is 0 Å². The average Bonchev–Trinajstić information content (AvgIpc) is 3.20. The monoisotopic (exact) mass is 472 g/mol. The Balaban J connectivity index is 2.04. The van der Waals surface area contributed by atoms with Crippen molar-refractivity contribution >= 4 is 0 Å². The molecule has 0 aliphatic carbocycles. The number of H-pyrrole nitrogens is 1. The zero-order chi connectivity index (χ0) is 25.7. The van der Waals surface area contributed by atoms with Crippen molar-refractivity contribution in [2.75, 3.05) is 7.11 Å². The highest BCUT2D eigenvalue weighted by molar-refractivity contribution is 5.72. The summed E-state index contributed by atoms with van der Waals surface area (Å²) in [6.45, 7) is 12.3. The topological polar surface area (TPSA) is 117 Å². The van der Waals surface area contributed by atoms with Crippen molar-refractivity contribution in [2.24, 2.45) is 5.73 Å². The lowest BCUT2D eigenvalue weighted by atomic mass is 9.74. The minimum absolute atomic E-state index is 0.0244. The standard InChI is InChI=1S/C28H32N4O3/c1-27(2,3)19-12-16(13-20(24(19)33)28(4,5)6)21-18(14-29)25(30)35-26-22(21)23(31-32-26)15-9-8-10-17(11-15)34-7/h8-13,21,33H,30H2,1-7H3,(H,31,32). The van der Waals surface area contributed by atoms with Gasteiger partial charge in [-0.3, -0.25) is 5.10 Å². The van der Waals surface area contributed by atoms with Crippen LogP contribution in [0.4, 0.5) is 0 Å². The lowest BCUT2D eigenvalue weighted by molar-refractivity contribution is 0.378. The molecular formula is C28H32N4O3. The van der Waals surface area contributed by atoms with Crippen molar-refractivity contribution in [2.45, 2.75) is 58.3 Å². The van der Waals surface area contributed by atoms with E-state index in [1.165, 1.54) is 0 Å². The Labute approximate surface area is 206 Å². The van der Waals surface area contributed by atoms with E-state index in [0.717, 1.165) is 27.8 Å². The van der Waals surface area contributed by atoms with Gasteiger partial charge in [0.1, 0.15) is 23.1 Å². The fraction of sp³-hybridized carbons (Fsp3) is 0.357. The third kappa shape index (κ3) is 4.21. The number of benzene rings is 2. The summed E-state index contributed by atoms with van der Waals surface area (Å²) in [5.74, 6) is 0.788. The number of ether oxygens (including phenoxy) is 2. The molecule has 1 aliphatic rings. The first-order valence-electron chi connectivity index (χ1n) is 11.5. The Morgan fingerprint density at radius 2 is 1.71 bits per heavy atom. The second-order valence-electron chi connectivity index (χ2n) is 10.9. The number of aromatic amines is 1. The van der Waals surface area contributed by atoms with E-state index < -0.39 is 5.92 Å². The summed E-state index contributed by atoms with van der Waals surface area (Å²) < 4.78 is 11.2. The van der Waals surface area contributed by atoms with Gasteiger partial charge in [-0.2, -0.15) is 5.26 Å². The van der Waals surface area contributed by atoms with E-state index >= 15 is 0 Å². The van der Waals surface area contributed by atoms with Gasteiger partial charge in [-0.25, -0.2) is 0 Å². The Bertz CT molecular complexity index is 1330. The van der Waals surface area contributed by atoms with E-state index in [4.69, 9.17) is 15.2 Å². The number of hydrogen-bond acceptors (Lipinski definition) is 6. The van der Waals surface area contributed by atoms with Gasteiger partial charge in [0.05, 0.1) is 24.3 Å². The number of allylic oxidation sites excluding steroid dienone is 1. The van der Waals surface area contributed by atoms with Gasteiger partial charge in [0, 0.05) is 5.56 Å². The molecule has 0 bridgehead atoms. The van der Waals surface area contributed by atoms with Crippen LogP contribution in [0.25, 0.3) is 11.3 Å². The van der Waals surface area contributed by atoms with Gasteiger partial charge in [-0.15, -0.1) is 5.10 Å². The summed E-state index contributed by atoms with van der Waals surface area (Å²) >= 11 is 0. The van der Waals surface area contributed by atoms with Gasteiger partial charge in [0.2, 0.25) is 11.8 Å². The smallest absolute Gasteiger partial charge is 0.244 e. The molecular weight excluding hydrogens is 440 g/mol. The fourth-order valence-electron chi connectivity index (χ4n) is 4.54. The molecule has 7 heteroatoms. The molecule has 0 fully saturated rings. The summed E-state index contributed by atoms with van der Waals surface area (Å²) in [5, 5.41) is 28.9. The molecule has 0 radical (unpaired) electrons. The predicted molar refractivity (Wildman–Crippen MR) is 135 cm³/mol. The van der Waals surface area contributed by atoms with E-state index in [0.29, 0.717) is 22.9 Å². The number of phenols is 1. The number of fused-ring (bicyclic) bond motifs is 1. The molecule has 2 heterocycles. The number of nitrogens with zero attached hydrogens (tertiary/aromatic N) is 2. The fourth-order valence-corrected chi connectivity index (χ4v) is 4.54. The lowest BCUT2D eigenvalue weighted by Gasteiger charge is -2.31. The van der Waals surface area contributed by atoms with Crippen molar-refractivity contribution in [1.29, 1.82) is 5.26 Å². The Morgan fingerprint density at radius 1 is 1.09 bits per heavy atom. The molecule has 0 spiro atoms. The van der Waals surface area contributed by atoms with Crippen LogP contribution in [-0.4, -0.2) is 22.4 Å². The quantitative estimate of drug-likeness (QED) is 0.456. The van der Waals surface area contributed by atoms with Gasteiger partial charge in [-0.05, 0) is 39.7 Å². The maximum absolute atomic E-state index is 11.2. The van der Waals surface area contributed by atoms with Crippen LogP contribution < -0.4 is 15.2 Å². The van der Waals surface area contributed by atoms with E-state index in [9.17, 15) is 10.4 Å². The Hall–Kier alpha value is -3.92. The summed E-state index contributed by atoms with van der Waals surface area (Å²) in [6, 6.07) is 13.8. The summed E-state index contributed by atoms with van der Waals surface area (Å²) in [4.78, 5) is 0. The highest BCUT2D eigenvalue weighted by atomic mass is 16.5. The second-order valence-corrected chi connectivity index (χ2v) is 10.9. The van der Waals surface area contributed by atoms with Gasteiger partial charge < -0.3 is 20.3 Å². The normalized spacial score (nSPS) is 15.9. The van der Waals surface area contributed by atoms with E-state index in [1.54, 1.807) is 7.11 Å². The third-order valence-electron chi connectivity index (χ3n) is 6.38. The van der Waals surface area contributed by atoms with Crippen molar-refractivity contribution in [3.05, 3.63) is 70.1 Å². The SMILES string of the molecule is COc1cccc(-c2[nH]nc3c2C(c2cc(C(C)(C)C)c(O)c(C(C)(C)C)c2)C(C#N)=C(N)O3)c1. The number of nitrogens with one attached hydrogen (secondary N) is 1. The molecule has 1 aromatic heterocycles. The van der Waals surface area contributed by atoms with E-state index in [2.05, 4.69) is 57.8 Å². The number of nitrogens with two attached hydrogens (primary N) is 1. The minimum Gasteiger partial charge on any atom is -0.507 e. The third-order valence-corrected chi connectivity index (χ3v) is 6.38. The number of phenolic OH excluding ortho intramolecular Hbond substituents is 1. The lowest BCUT2D eigenvalue weighted by Crippen LogP contribution is -2.23. The largest absolute Gasteiger partial charge is 0.507 e. The summed E-state index contributed by atoms with van der Waals surface area (Å²) in [7, 11) is 1.61. The first-order valence-corrected chi connectivity index (χ1v) is 11.5. The molecule has 1 atom stereocenters. The molecule has 0 amide bonds. The molecule has 1 aliphatic heterocycles.